The monoisotopic (exact) mass is 379 g/mol. The van der Waals surface area contributed by atoms with Crippen molar-refractivity contribution in [1.29, 1.82) is 0 Å². The highest BCUT2D eigenvalue weighted by molar-refractivity contribution is 6.47. The molecule has 0 bridgehead atoms. The molecule has 4 rings (SSSR count). The molecule has 1 saturated carbocycles. The zero-order valence-corrected chi connectivity index (χ0v) is 15.5. The Morgan fingerprint density at radius 2 is 1.82 bits per heavy atom. The third-order valence-electron chi connectivity index (χ3n) is 5.38. The summed E-state index contributed by atoms with van der Waals surface area (Å²) in [6.07, 6.45) is 4.56. The van der Waals surface area contributed by atoms with Crippen LogP contribution in [-0.2, 0) is 9.59 Å². The van der Waals surface area contributed by atoms with E-state index < -0.39 is 11.5 Å². The molecule has 2 aliphatic rings. The molecule has 1 N–H and O–H groups in total. The summed E-state index contributed by atoms with van der Waals surface area (Å²) in [5, 5.41) is 2.68. The zero-order chi connectivity index (χ0) is 19.6. The molecule has 2 aromatic rings. The van der Waals surface area contributed by atoms with Crippen LogP contribution in [0, 0.1) is 5.82 Å². The molecule has 1 fully saturated rings. The number of benzene rings is 2. The molecule has 1 aliphatic carbocycles. The number of amides is 2. The maximum absolute atomic E-state index is 13.4. The van der Waals surface area contributed by atoms with Gasteiger partial charge in [0.15, 0.2) is 0 Å². The smallest absolute Gasteiger partial charge is 0.275 e. The summed E-state index contributed by atoms with van der Waals surface area (Å²) in [5.74, 6) is -0.996. The molecular formula is C22H22FN3O2. The molecule has 5 nitrogen and oxygen atoms in total. The van der Waals surface area contributed by atoms with Crippen LogP contribution in [0.3, 0.4) is 0 Å². The van der Waals surface area contributed by atoms with Gasteiger partial charge in [0.2, 0.25) is 5.91 Å². The molecule has 2 aromatic carbocycles. The van der Waals surface area contributed by atoms with E-state index in [0.717, 1.165) is 37.7 Å². The molecule has 2 amide bonds. The van der Waals surface area contributed by atoms with Crippen LogP contribution in [0.2, 0.25) is 0 Å². The van der Waals surface area contributed by atoms with Crippen LogP contribution in [-0.4, -0.2) is 34.6 Å². The predicted molar refractivity (Wildman–Crippen MR) is 106 cm³/mol. The van der Waals surface area contributed by atoms with Gasteiger partial charge in [-0.3, -0.25) is 14.6 Å². The molecule has 1 spiro atoms. The Hall–Kier alpha value is -3.02. The lowest BCUT2D eigenvalue weighted by Gasteiger charge is -2.38. The van der Waals surface area contributed by atoms with Gasteiger partial charge in [0.1, 0.15) is 23.7 Å². The van der Waals surface area contributed by atoms with E-state index in [9.17, 15) is 14.0 Å². The minimum Gasteiger partial charge on any atom is -0.324 e. The molecule has 0 saturated heterocycles. The largest absolute Gasteiger partial charge is 0.324 e. The first kappa shape index (κ1) is 18.3. The number of halogens is 1. The van der Waals surface area contributed by atoms with Crippen LogP contribution in [0.5, 0.6) is 0 Å². The molecule has 144 valence electrons. The van der Waals surface area contributed by atoms with Gasteiger partial charge in [0.25, 0.3) is 5.91 Å². The lowest BCUT2D eigenvalue weighted by molar-refractivity contribution is -0.134. The predicted octanol–water partition coefficient (Wildman–Crippen LogP) is 3.76. The van der Waals surface area contributed by atoms with E-state index in [-0.39, 0.29) is 18.4 Å². The highest BCUT2D eigenvalue weighted by Gasteiger charge is 2.48. The molecule has 6 heteroatoms. The van der Waals surface area contributed by atoms with Gasteiger partial charge in [-0.15, -0.1) is 0 Å². The lowest BCUT2D eigenvalue weighted by atomic mass is 9.88. The van der Waals surface area contributed by atoms with Gasteiger partial charge in [0, 0.05) is 11.3 Å². The van der Waals surface area contributed by atoms with Crippen LogP contribution in [0.15, 0.2) is 59.6 Å². The van der Waals surface area contributed by atoms with E-state index in [4.69, 9.17) is 4.99 Å². The number of hydrogen-bond donors (Lipinski definition) is 1. The van der Waals surface area contributed by atoms with Crippen molar-refractivity contribution in [3.8, 4) is 0 Å². The van der Waals surface area contributed by atoms with Gasteiger partial charge in [-0.1, -0.05) is 42.8 Å². The third kappa shape index (κ3) is 3.54. The quantitative estimate of drug-likeness (QED) is 0.879. The SMILES string of the molecule is O=C(CN1C(=O)C(c2ccccc2)=NC12CCCCC2)Nc1cccc(F)c1. The molecule has 28 heavy (non-hydrogen) atoms. The van der Waals surface area contributed by atoms with Crippen molar-refractivity contribution >= 4 is 23.2 Å². The van der Waals surface area contributed by atoms with Crippen molar-refractivity contribution in [2.75, 3.05) is 11.9 Å². The summed E-state index contributed by atoms with van der Waals surface area (Å²) in [4.78, 5) is 32.2. The number of hydrogen-bond acceptors (Lipinski definition) is 3. The van der Waals surface area contributed by atoms with Gasteiger partial charge in [0.05, 0.1) is 0 Å². The summed E-state index contributed by atoms with van der Waals surface area (Å²) >= 11 is 0. The van der Waals surface area contributed by atoms with Gasteiger partial charge in [-0.25, -0.2) is 4.39 Å². The fourth-order valence-corrected chi connectivity index (χ4v) is 4.05. The Bertz CT molecular complexity index is 920. The first-order valence-electron chi connectivity index (χ1n) is 9.60. The van der Waals surface area contributed by atoms with Crippen molar-refractivity contribution in [3.05, 3.63) is 66.0 Å². The highest BCUT2D eigenvalue weighted by Crippen LogP contribution is 2.39. The van der Waals surface area contributed by atoms with Gasteiger partial charge < -0.3 is 10.2 Å². The summed E-state index contributed by atoms with van der Waals surface area (Å²) in [7, 11) is 0. The Labute approximate surface area is 163 Å². The molecule has 1 aliphatic heterocycles. The second-order valence-electron chi connectivity index (χ2n) is 7.32. The molecular weight excluding hydrogens is 357 g/mol. The van der Waals surface area contributed by atoms with Gasteiger partial charge in [-0.05, 0) is 43.9 Å². The Balaban J connectivity index is 1.58. The first-order chi connectivity index (χ1) is 13.6. The van der Waals surface area contributed by atoms with Crippen LogP contribution in [0.1, 0.15) is 37.7 Å². The lowest BCUT2D eigenvalue weighted by Crippen LogP contribution is -2.51. The summed E-state index contributed by atoms with van der Waals surface area (Å²) < 4.78 is 13.4. The van der Waals surface area contributed by atoms with Crippen LogP contribution in [0.25, 0.3) is 0 Å². The van der Waals surface area contributed by atoms with E-state index in [2.05, 4.69) is 5.32 Å². The molecule has 0 atom stereocenters. The van der Waals surface area contributed by atoms with Crippen LogP contribution in [0.4, 0.5) is 10.1 Å². The Morgan fingerprint density at radius 3 is 2.54 bits per heavy atom. The molecule has 1 heterocycles. The second-order valence-corrected chi connectivity index (χ2v) is 7.32. The minimum absolute atomic E-state index is 0.102. The molecule has 0 radical (unpaired) electrons. The average molecular weight is 379 g/mol. The van der Waals surface area contributed by atoms with Crippen molar-refractivity contribution in [1.82, 2.24) is 4.90 Å². The third-order valence-corrected chi connectivity index (χ3v) is 5.38. The number of carbonyl (C=O) groups excluding carboxylic acids is 2. The van der Waals surface area contributed by atoms with Crippen molar-refractivity contribution in [3.63, 3.8) is 0 Å². The number of carbonyl (C=O) groups is 2. The van der Waals surface area contributed by atoms with Crippen molar-refractivity contribution in [2.24, 2.45) is 4.99 Å². The van der Waals surface area contributed by atoms with E-state index >= 15 is 0 Å². The van der Waals surface area contributed by atoms with E-state index in [0.29, 0.717) is 11.4 Å². The van der Waals surface area contributed by atoms with Crippen molar-refractivity contribution in [2.45, 2.75) is 37.8 Å². The minimum atomic E-state index is -0.653. The van der Waals surface area contributed by atoms with Crippen LogP contribution >= 0.6 is 0 Å². The average Bonchev–Trinajstić information content (AvgIpc) is 2.95. The number of aliphatic imine (C=N–C) groups is 1. The maximum atomic E-state index is 13.4. The molecule has 0 unspecified atom stereocenters. The van der Waals surface area contributed by atoms with Crippen molar-refractivity contribution < 1.29 is 14.0 Å². The standard InChI is InChI=1S/C22H22FN3O2/c23-17-10-7-11-18(14-17)24-19(27)15-26-21(28)20(16-8-3-1-4-9-16)25-22(26)12-5-2-6-13-22/h1,3-4,7-11,14H,2,5-6,12-13,15H2,(H,24,27). The number of nitrogens with one attached hydrogen (secondary N) is 1. The maximum Gasteiger partial charge on any atom is 0.275 e. The van der Waals surface area contributed by atoms with Crippen LogP contribution < -0.4 is 5.32 Å². The topological polar surface area (TPSA) is 61.8 Å². The highest BCUT2D eigenvalue weighted by atomic mass is 19.1. The van der Waals surface area contributed by atoms with E-state index in [1.807, 2.05) is 30.3 Å². The summed E-state index contributed by atoms with van der Waals surface area (Å²) in [6.45, 7) is -0.102. The fraction of sp³-hybridized carbons (Fsp3) is 0.318. The fourth-order valence-electron chi connectivity index (χ4n) is 4.05. The molecule has 0 aromatic heterocycles. The van der Waals surface area contributed by atoms with E-state index in [1.165, 1.54) is 18.2 Å². The normalized spacial score (nSPS) is 18.2. The second kappa shape index (κ2) is 7.54. The zero-order valence-electron chi connectivity index (χ0n) is 15.5. The Morgan fingerprint density at radius 1 is 1.07 bits per heavy atom. The summed E-state index contributed by atoms with van der Waals surface area (Å²) in [5.41, 5.74) is 0.907. The van der Waals surface area contributed by atoms with E-state index in [1.54, 1.807) is 11.0 Å². The number of rotatable bonds is 4. The van der Waals surface area contributed by atoms with Gasteiger partial charge in [-0.2, -0.15) is 0 Å². The van der Waals surface area contributed by atoms with Gasteiger partial charge >= 0.3 is 0 Å². The Kier molecular flexibility index (Phi) is 4.94. The first-order valence-corrected chi connectivity index (χ1v) is 9.60. The summed E-state index contributed by atoms with van der Waals surface area (Å²) in [6, 6.07) is 15.1. The number of anilines is 1. The number of nitrogens with zero attached hydrogens (tertiary/aromatic N) is 2.